The van der Waals surface area contributed by atoms with Gasteiger partial charge in [0, 0.05) is 39.5 Å². The van der Waals surface area contributed by atoms with Crippen LogP contribution in [0.1, 0.15) is 37.4 Å². The number of carbonyl (C=O) groups is 1. The predicted octanol–water partition coefficient (Wildman–Crippen LogP) is 3.05. The van der Waals surface area contributed by atoms with Crippen molar-refractivity contribution < 1.29 is 4.79 Å². The molecule has 0 atom stereocenters. The van der Waals surface area contributed by atoms with Gasteiger partial charge in [0.05, 0.1) is 16.8 Å². The smallest absolute Gasteiger partial charge is 0.219 e. The molecule has 4 rings (SSSR count). The molecule has 1 aromatic carbocycles. The minimum Gasteiger partial charge on any atom is -0.354 e. The largest absolute Gasteiger partial charge is 0.354 e. The minimum atomic E-state index is 0.136. The number of amides is 1. The maximum atomic E-state index is 11.8. The number of benzene rings is 1. The summed E-state index contributed by atoms with van der Waals surface area (Å²) < 4.78 is 1.92. The molecular formula is C22H28N6O. The number of fused-ring (bicyclic) bond motifs is 1. The summed E-state index contributed by atoms with van der Waals surface area (Å²) in [4.78, 5) is 25.8. The summed E-state index contributed by atoms with van der Waals surface area (Å²) in [5, 5.41) is 5.81. The molecule has 1 amide bonds. The third-order valence-corrected chi connectivity index (χ3v) is 5.57. The molecule has 152 valence electrons. The van der Waals surface area contributed by atoms with E-state index in [0.29, 0.717) is 6.54 Å². The van der Waals surface area contributed by atoms with E-state index in [1.807, 2.05) is 16.5 Å². The summed E-state index contributed by atoms with van der Waals surface area (Å²) >= 11 is 0. The van der Waals surface area contributed by atoms with Crippen LogP contribution in [-0.2, 0) is 11.2 Å². The van der Waals surface area contributed by atoms with Crippen LogP contribution in [0, 0.1) is 13.8 Å². The van der Waals surface area contributed by atoms with Crippen LogP contribution in [0.2, 0.25) is 0 Å². The van der Waals surface area contributed by atoms with Crippen molar-refractivity contribution in [3.63, 3.8) is 0 Å². The molecule has 1 saturated heterocycles. The average Bonchev–Trinajstić information content (AvgIpc) is 2.90. The lowest BCUT2D eigenvalue weighted by atomic mass is 10.2. The second kappa shape index (κ2) is 7.81. The van der Waals surface area contributed by atoms with Crippen LogP contribution in [0.15, 0.2) is 24.3 Å². The van der Waals surface area contributed by atoms with E-state index in [2.05, 4.69) is 43.0 Å². The Morgan fingerprint density at radius 3 is 2.48 bits per heavy atom. The first kappa shape index (κ1) is 19.4. The van der Waals surface area contributed by atoms with E-state index < -0.39 is 0 Å². The van der Waals surface area contributed by atoms with Gasteiger partial charge in [0.15, 0.2) is 5.65 Å². The fourth-order valence-corrected chi connectivity index (χ4v) is 3.90. The number of carbonyl (C=O) groups excluding carboxylic acids is 1. The van der Waals surface area contributed by atoms with Gasteiger partial charge in [0.25, 0.3) is 0 Å². The van der Waals surface area contributed by atoms with Crippen molar-refractivity contribution in [3.8, 4) is 5.69 Å². The maximum absolute atomic E-state index is 11.8. The molecule has 3 heterocycles. The van der Waals surface area contributed by atoms with Crippen LogP contribution in [0.5, 0.6) is 0 Å². The Morgan fingerprint density at radius 2 is 1.79 bits per heavy atom. The fraction of sp³-hybridized carbons (Fsp3) is 0.455. The number of anilines is 1. The Morgan fingerprint density at radius 1 is 1.03 bits per heavy atom. The average molecular weight is 393 g/mol. The van der Waals surface area contributed by atoms with Crippen LogP contribution in [0.3, 0.4) is 0 Å². The van der Waals surface area contributed by atoms with Gasteiger partial charge in [0.2, 0.25) is 5.91 Å². The van der Waals surface area contributed by atoms with Crippen molar-refractivity contribution in [2.75, 3.05) is 31.1 Å². The topological polar surface area (TPSA) is 67.2 Å². The Labute approximate surface area is 171 Å². The fourth-order valence-electron chi connectivity index (χ4n) is 3.90. The minimum absolute atomic E-state index is 0.136. The lowest BCUT2D eigenvalue weighted by Crippen LogP contribution is -2.34. The molecule has 7 heteroatoms. The molecule has 0 N–H and O–H groups in total. The number of rotatable bonds is 3. The highest BCUT2D eigenvalue weighted by molar-refractivity contribution is 5.91. The van der Waals surface area contributed by atoms with E-state index in [-0.39, 0.29) is 5.91 Å². The summed E-state index contributed by atoms with van der Waals surface area (Å²) in [5.74, 6) is 1.89. The molecule has 0 spiro atoms. The molecule has 0 bridgehead atoms. The molecule has 0 aliphatic carbocycles. The van der Waals surface area contributed by atoms with E-state index >= 15 is 0 Å². The molecule has 2 aromatic heterocycles. The zero-order chi connectivity index (χ0) is 20.5. The summed E-state index contributed by atoms with van der Waals surface area (Å²) in [6.45, 7) is 11.0. The maximum Gasteiger partial charge on any atom is 0.219 e. The van der Waals surface area contributed by atoms with Crippen molar-refractivity contribution in [3.05, 3.63) is 41.3 Å². The Kier molecular flexibility index (Phi) is 5.22. The molecule has 0 saturated carbocycles. The summed E-state index contributed by atoms with van der Waals surface area (Å²) in [5.41, 5.74) is 3.98. The number of nitrogens with zero attached hydrogens (tertiary/aromatic N) is 6. The SMILES string of the molecule is CCc1nc(N2CCCN(C(C)=O)CC2)c2c(C)nn(-c3ccc(C)cc3)c2n1. The lowest BCUT2D eigenvalue weighted by molar-refractivity contribution is -0.128. The summed E-state index contributed by atoms with van der Waals surface area (Å²) in [6, 6.07) is 8.33. The normalized spacial score (nSPS) is 15.0. The second-order valence-electron chi connectivity index (χ2n) is 7.70. The molecule has 3 aromatic rings. The van der Waals surface area contributed by atoms with Crippen molar-refractivity contribution in [2.24, 2.45) is 0 Å². The standard InChI is InChI=1S/C22H28N6O/c1-5-19-23-21(27-12-6-11-26(13-14-27)17(4)29)20-16(3)25-28(22(20)24-19)18-9-7-15(2)8-10-18/h7-10H,5-6,11-14H2,1-4H3. The van der Waals surface area contributed by atoms with Gasteiger partial charge in [-0.15, -0.1) is 0 Å². The van der Waals surface area contributed by atoms with Crippen molar-refractivity contribution >= 4 is 22.8 Å². The molecule has 1 aliphatic rings. The van der Waals surface area contributed by atoms with Gasteiger partial charge in [-0.25, -0.2) is 14.6 Å². The van der Waals surface area contributed by atoms with Gasteiger partial charge in [-0.05, 0) is 32.4 Å². The second-order valence-corrected chi connectivity index (χ2v) is 7.70. The van der Waals surface area contributed by atoms with E-state index in [0.717, 1.165) is 66.5 Å². The van der Waals surface area contributed by atoms with Gasteiger partial charge in [0.1, 0.15) is 11.6 Å². The summed E-state index contributed by atoms with van der Waals surface area (Å²) in [6.07, 6.45) is 1.69. The van der Waals surface area contributed by atoms with Crippen molar-refractivity contribution in [1.29, 1.82) is 0 Å². The highest BCUT2D eigenvalue weighted by Crippen LogP contribution is 2.30. The van der Waals surface area contributed by atoms with E-state index in [4.69, 9.17) is 15.1 Å². The number of aromatic nitrogens is 4. The van der Waals surface area contributed by atoms with E-state index in [1.54, 1.807) is 6.92 Å². The van der Waals surface area contributed by atoms with Crippen molar-refractivity contribution in [1.82, 2.24) is 24.6 Å². The Hall–Kier alpha value is -2.96. The first-order chi connectivity index (χ1) is 14.0. The Bertz CT molecular complexity index is 1040. The van der Waals surface area contributed by atoms with Crippen LogP contribution in [0.25, 0.3) is 16.7 Å². The van der Waals surface area contributed by atoms with Crippen LogP contribution < -0.4 is 4.90 Å². The molecule has 1 aliphatic heterocycles. The molecule has 0 radical (unpaired) electrons. The van der Waals surface area contributed by atoms with Gasteiger partial charge < -0.3 is 9.80 Å². The van der Waals surface area contributed by atoms with E-state index in [1.165, 1.54) is 5.56 Å². The first-order valence-electron chi connectivity index (χ1n) is 10.3. The zero-order valence-electron chi connectivity index (χ0n) is 17.6. The third-order valence-electron chi connectivity index (χ3n) is 5.57. The predicted molar refractivity (Wildman–Crippen MR) is 115 cm³/mol. The summed E-state index contributed by atoms with van der Waals surface area (Å²) in [7, 11) is 0. The molecular weight excluding hydrogens is 364 g/mol. The number of hydrogen-bond acceptors (Lipinski definition) is 5. The van der Waals surface area contributed by atoms with Crippen LogP contribution >= 0.6 is 0 Å². The van der Waals surface area contributed by atoms with Crippen LogP contribution in [0.4, 0.5) is 5.82 Å². The molecule has 0 unspecified atom stereocenters. The van der Waals surface area contributed by atoms with Gasteiger partial charge >= 0.3 is 0 Å². The van der Waals surface area contributed by atoms with Gasteiger partial charge in [-0.3, -0.25) is 4.79 Å². The number of hydrogen-bond donors (Lipinski definition) is 0. The number of aryl methyl sites for hydroxylation is 3. The molecule has 7 nitrogen and oxygen atoms in total. The third kappa shape index (κ3) is 3.69. The highest BCUT2D eigenvalue weighted by Gasteiger charge is 2.23. The van der Waals surface area contributed by atoms with Gasteiger partial charge in [-0.2, -0.15) is 5.10 Å². The van der Waals surface area contributed by atoms with Crippen molar-refractivity contribution in [2.45, 2.75) is 40.5 Å². The lowest BCUT2D eigenvalue weighted by Gasteiger charge is -2.23. The van der Waals surface area contributed by atoms with E-state index in [9.17, 15) is 4.79 Å². The monoisotopic (exact) mass is 392 g/mol. The highest BCUT2D eigenvalue weighted by atomic mass is 16.2. The zero-order valence-corrected chi connectivity index (χ0v) is 17.6. The van der Waals surface area contributed by atoms with Crippen LogP contribution in [-0.4, -0.2) is 56.7 Å². The Balaban J connectivity index is 1.82. The quantitative estimate of drug-likeness (QED) is 0.685. The van der Waals surface area contributed by atoms with Gasteiger partial charge in [-0.1, -0.05) is 24.6 Å². The molecule has 1 fully saturated rings. The molecule has 29 heavy (non-hydrogen) atoms. The first-order valence-corrected chi connectivity index (χ1v) is 10.3.